The molecule has 0 aliphatic rings. The highest BCUT2D eigenvalue weighted by Gasteiger charge is 2.21. The zero-order valence-electron chi connectivity index (χ0n) is 7.15. The molecule has 1 aromatic carbocycles. The molecule has 0 heterocycles. The Morgan fingerprint density at radius 3 is 2.57 bits per heavy atom. The molecule has 0 aliphatic carbocycles. The average molecular weight is 199 g/mol. The van der Waals surface area contributed by atoms with Gasteiger partial charge in [0, 0.05) is 0 Å². The van der Waals surface area contributed by atoms with Gasteiger partial charge in [0.05, 0.1) is 11.0 Å². The second kappa shape index (κ2) is 3.41. The number of nitro groups is 1. The molecule has 1 aromatic rings. The third-order valence-electron chi connectivity index (χ3n) is 1.70. The maximum atomic E-state index is 12.9. The van der Waals surface area contributed by atoms with E-state index in [9.17, 15) is 19.3 Å². The lowest BCUT2D eigenvalue weighted by atomic mass is 10.1. The molecule has 14 heavy (non-hydrogen) atoms. The van der Waals surface area contributed by atoms with Crippen LogP contribution in [0.5, 0.6) is 0 Å². The number of hydrogen-bond donors (Lipinski definition) is 1. The number of carboxylic acids is 1. The minimum absolute atomic E-state index is 0.0630. The van der Waals surface area contributed by atoms with Crippen molar-refractivity contribution in [1.29, 1.82) is 0 Å². The Morgan fingerprint density at radius 1 is 1.57 bits per heavy atom. The topological polar surface area (TPSA) is 80.4 Å². The first kappa shape index (κ1) is 10.1. The van der Waals surface area contributed by atoms with Crippen molar-refractivity contribution in [2.45, 2.75) is 6.92 Å². The van der Waals surface area contributed by atoms with Crippen molar-refractivity contribution < 1.29 is 19.2 Å². The number of aryl methyl sites for hydroxylation is 1. The SMILES string of the molecule is Cc1cc(C(=O)O)c([N+](=O)[O-])cc1F. The fourth-order valence-corrected chi connectivity index (χ4v) is 0.993. The molecule has 74 valence electrons. The molecule has 0 atom stereocenters. The van der Waals surface area contributed by atoms with Crippen molar-refractivity contribution in [2.24, 2.45) is 0 Å². The quantitative estimate of drug-likeness (QED) is 0.581. The van der Waals surface area contributed by atoms with Crippen LogP contribution in [0.2, 0.25) is 0 Å². The summed E-state index contributed by atoms with van der Waals surface area (Å²) in [6.45, 7) is 1.34. The van der Waals surface area contributed by atoms with Gasteiger partial charge in [-0.15, -0.1) is 0 Å². The van der Waals surface area contributed by atoms with Gasteiger partial charge >= 0.3 is 5.97 Å². The predicted molar refractivity (Wildman–Crippen MR) is 44.8 cm³/mol. The highest BCUT2D eigenvalue weighted by molar-refractivity contribution is 5.92. The van der Waals surface area contributed by atoms with E-state index >= 15 is 0 Å². The molecule has 1 rings (SSSR count). The summed E-state index contributed by atoms with van der Waals surface area (Å²) >= 11 is 0. The van der Waals surface area contributed by atoms with Crippen molar-refractivity contribution in [3.8, 4) is 0 Å². The van der Waals surface area contributed by atoms with Gasteiger partial charge in [-0.3, -0.25) is 10.1 Å². The van der Waals surface area contributed by atoms with Crippen LogP contribution in [0, 0.1) is 22.9 Å². The minimum Gasteiger partial charge on any atom is -0.477 e. The molecule has 0 saturated heterocycles. The molecule has 0 saturated carbocycles. The Labute approximate surface area is 77.9 Å². The van der Waals surface area contributed by atoms with E-state index in [-0.39, 0.29) is 5.56 Å². The van der Waals surface area contributed by atoms with E-state index in [4.69, 9.17) is 5.11 Å². The monoisotopic (exact) mass is 199 g/mol. The van der Waals surface area contributed by atoms with E-state index in [1.165, 1.54) is 6.92 Å². The van der Waals surface area contributed by atoms with Gasteiger partial charge in [-0.2, -0.15) is 0 Å². The lowest BCUT2D eigenvalue weighted by molar-refractivity contribution is -0.385. The maximum absolute atomic E-state index is 12.9. The van der Waals surface area contributed by atoms with Crippen LogP contribution in [-0.2, 0) is 0 Å². The third kappa shape index (κ3) is 1.68. The fraction of sp³-hybridized carbons (Fsp3) is 0.125. The molecule has 1 N–H and O–H groups in total. The number of carbonyl (C=O) groups is 1. The Balaban J connectivity index is 3.46. The van der Waals surface area contributed by atoms with E-state index in [1.54, 1.807) is 0 Å². The van der Waals surface area contributed by atoms with Crippen molar-refractivity contribution in [3.05, 3.63) is 39.2 Å². The van der Waals surface area contributed by atoms with Crippen LogP contribution in [0.25, 0.3) is 0 Å². The minimum atomic E-state index is -1.44. The van der Waals surface area contributed by atoms with Crippen LogP contribution in [-0.4, -0.2) is 16.0 Å². The summed E-state index contributed by atoms with van der Waals surface area (Å²) in [6, 6.07) is 1.55. The second-order valence-corrected chi connectivity index (χ2v) is 2.68. The normalized spacial score (nSPS) is 9.86. The maximum Gasteiger partial charge on any atom is 0.342 e. The molecule has 0 aliphatic heterocycles. The van der Waals surface area contributed by atoms with E-state index in [0.29, 0.717) is 6.07 Å². The molecule has 0 bridgehead atoms. The Morgan fingerprint density at radius 2 is 2.14 bits per heavy atom. The molecule has 5 nitrogen and oxygen atoms in total. The van der Waals surface area contributed by atoms with Gasteiger partial charge in [0.25, 0.3) is 5.69 Å². The molecule has 0 aromatic heterocycles. The predicted octanol–water partition coefficient (Wildman–Crippen LogP) is 1.74. The lowest BCUT2D eigenvalue weighted by Gasteiger charge is -2.00. The number of rotatable bonds is 2. The average Bonchev–Trinajstić information content (AvgIpc) is 2.08. The zero-order chi connectivity index (χ0) is 10.9. The van der Waals surface area contributed by atoms with Gasteiger partial charge in [0.15, 0.2) is 0 Å². The van der Waals surface area contributed by atoms with Gasteiger partial charge in [-0.05, 0) is 18.6 Å². The van der Waals surface area contributed by atoms with Gasteiger partial charge in [-0.25, -0.2) is 9.18 Å². The van der Waals surface area contributed by atoms with Crippen LogP contribution >= 0.6 is 0 Å². The molecule has 0 unspecified atom stereocenters. The first-order chi connectivity index (χ1) is 6.43. The zero-order valence-corrected chi connectivity index (χ0v) is 7.15. The first-order valence-corrected chi connectivity index (χ1v) is 3.61. The Hall–Kier alpha value is -1.98. The number of hydrogen-bond acceptors (Lipinski definition) is 3. The lowest BCUT2D eigenvalue weighted by Crippen LogP contribution is -2.04. The number of nitro benzene ring substituents is 1. The van der Waals surface area contributed by atoms with Crippen molar-refractivity contribution >= 4 is 11.7 Å². The van der Waals surface area contributed by atoms with E-state index in [1.807, 2.05) is 0 Å². The largest absolute Gasteiger partial charge is 0.477 e. The first-order valence-electron chi connectivity index (χ1n) is 3.61. The number of aromatic carboxylic acids is 1. The van der Waals surface area contributed by atoms with Gasteiger partial charge in [0.2, 0.25) is 0 Å². The summed E-state index contributed by atoms with van der Waals surface area (Å²) in [5.41, 5.74) is -1.18. The van der Waals surface area contributed by atoms with Gasteiger partial charge in [-0.1, -0.05) is 0 Å². The summed E-state index contributed by atoms with van der Waals surface area (Å²) in [5, 5.41) is 19.0. The van der Waals surface area contributed by atoms with Crippen LogP contribution in [0.1, 0.15) is 15.9 Å². The highest BCUT2D eigenvalue weighted by atomic mass is 19.1. The second-order valence-electron chi connectivity index (χ2n) is 2.68. The highest BCUT2D eigenvalue weighted by Crippen LogP contribution is 2.22. The number of carboxylic acid groups (broad SMARTS) is 1. The summed E-state index contributed by atoms with van der Waals surface area (Å²) in [7, 11) is 0. The van der Waals surface area contributed by atoms with Crippen molar-refractivity contribution in [1.82, 2.24) is 0 Å². The summed E-state index contributed by atoms with van der Waals surface area (Å²) in [6.07, 6.45) is 0. The smallest absolute Gasteiger partial charge is 0.342 e. The summed E-state index contributed by atoms with van der Waals surface area (Å²) in [4.78, 5) is 20.0. The molecule has 0 spiro atoms. The number of nitrogens with zero attached hydrogens (tertiary/aromatic N) is 1. The van der Waals surface area contributed by atoms with E-state index < -0.39 is 28.0 Å². The third-order valence-corrected chi connectivity index (χ3v) is 1.70. The van der Waals surface area contributed by atoms with Crippen LogP contribution in [0.4, 0.5) is 10.1 Å². The van der Waals surface area contributed by atoms with Crippen LogP contribution < -0.4 is 0 Å². The number of halogens is 1. The van der Waals surface area contributed by atoms with E-state index in [0.717, 1.165) is 6.07 Å². The Kier molecular flexibility index (Phi) is 2.46. The van der Waals surface area contributed by atoms with E-state index in [2.05, 4.69) is 0 Å². The van der Waals surface area contributed by atoms with Crippen molar-refractivity contribution in [2.75, 3.05) is 0 Å². The van der Waals surface area contributed by atoms with Crippen molar-refractivity contribution in [3.63, 3.8) is 0 Å². The standard InChI is InChI=1S/C8H6FNO4/c1-4-2-5(8(11)12)7(10(13)14)3-6(4)9/h2-3H,1H3,(H,11,12). The summed E-state index contributed by atoms with van der Waals surface area (Å²) in [5.74, 6) is -2.23. The molecule has 6 heteroatoms. The molecular formula is C8H6FNO4. The molecular weight excluding hydrogens is 193 g/mol. The van der Waals surface area contributed by atoms with Crippen LogP contribution in [0.3, 0.4) is 0 Å². The van der Waals surface area contributed by atoms with Gasteiger partial charge < -0.3 is 5.11 Å². The molecule has 0 radical (unpaired) electrons. The Bertz CT molecular complexity index is 377. The number of benzene rings is 1. The van der Waals surface area contributed by atoms with Gasteiger partial charge in [0.1, 0.15) is 11.4 Å². The summed E-state index contributed by atoms with van der Waals surface area (Å²) < 4.78 is 12.9. The van der Waals surface area contributed by atoms with Crippen LogP contribution in [0.15, 0.2) is 12.1 Å². The molecule has 0 fully saturated rings. The fourth-order valence-electron chi connectivity index (χ4n) is 0.993. The molecule has 0 amide bonds.